The van der Waals surface area contributed by atoms with Gasteiger partial charge in [-0.05, 0) is 19.4 Å². The third-order valence-corrected chi connectivity index (χ3v) is 6.75. The Labute approximate surface area is 174 Å². The second-order valence-electron chi connectivity index (χ2n) is 7.52. The van der Waals surface area contributed by atoms with Gasteiger partial charge in [0.2, 0.25) is 0 Å². The topological polar surface area (TPSA) is 122 Å². The minimum Gasteiger partial charge on any atom is -0.383 e. The molecule has 3 atom stereocenters. The Bertz CT molecular complexity index is 1100. The number of hydrogen-bond donors (Lipinski definition) is 3. The minimum absolute atomic E-state index is 0.00143. The van der Waals surface area contributed by atoms with E-state index in [9.17, 15) is 18.4 Å². The molecule has 1 aliphatic carbocycles. The summed E-state index contributed by atoms with van der Waals surface area (Å²) in [7, 11) is 1.57. The minimum atomic E-state index is -1.12. The van der Waals surface area contributed by atoms with Crippen molar-refractivity contribution in [2.24, 2.45) is 16.6 Å². The van der Waals surface area contributed by atoms with Gasteiger partial charge in [-0.15, -0.1) is 0 Å². The summed E-state index contributed by atoms with van der Waals surface area (Å²) in [5.74, 6) is -2.96. The van der Waals surface area contributed by atoms with Crippen molar-refractivity contribution in [2.75, 3.05) is 19.0 Å². The fourth-order valence-corrected chi connectivity index (χ4v) is 5.47. The van der Waals surface area contributed by atoms with Crippen molar-refractivity contribution in [3.63, 3.8) is 0 Å². The second-order valence-corrected chi connectivity index (χ2v) is 8.96. The number of anilines is 1. The summed E-state index contributed by atoms with van der Waals surface area (Å²) >= 11 is 1.39. The number of hydrogen-bond acceptors (Lipinski definition) is 7. The Morgan fingerprint density at radius 2 is 2.23 bits per heavy atom. The Kier molecular flexibility index (Phi) is 4.89. The zero-order chi connectivity index (χ0) is 21.7. The standard InChI is InChI=1S/C19H19F2N5O3S/c1-18(13-5-19(13,8-29-2)30-17(22)26-18)10-3-9(4-11(20)15(10)21)25-16(28)12-6-24-14(27)7-23-12/h3-4,6-7,13H,5,8H2,1-2H3,(H2,22,26)(H,24,27)(H,25,28)/t13-,18+,19+/m0/s1. The van der Waals surface area contributed by atoms with Crippen LogP contribution in [0.25, 0.3) is 0 Å². The Morgan fingerprint density at radius 1 is 1.47 bits per heavy atom. The number of amidine groups is 1. The highest BCUT2D eigenvalue weighted by Gasteiger charge is 2.66. The molecule has 8 nitrogen and oxygen atoms in total. The number of thioether (sulfide) groups is 1. The molecule has 4 N–H and O–H groups in total. The molecule has 0 radical (unpaired) electrons. The van der Waals surface area contributed by atoms with Crippen molar-refractivity contribution in [1.82, 2.24) is 9.97 Å². The van der Waals surface area contributed by atoms with E-state index in [2.05, 4.69) is 20.3 Å². The lowest BCUT2D eigenvalue weighted by Crippen LogP contribution is -2.38. The van der Waals surface area contributed by atoms with Crippen LogP contribution in [0.15, 0.2) is 34.3 Å². The number of aliphatic imine (C=N–C) groups is 1. The third-order valence-electron chi connectivity index (χ3n) is 5.48. The first-order valence-corrected chi connectivity index (χ1v) is 9.89. The van der Waals surface area contributed by atoms with Crippen molar-refractivity contribution >= 4 is 28.5 Å². The molecule has 1 aromatic carbocycles. The van der Waals surface area contributed by atoms with Crippen LogP contribution >= 0.6 is 11.8 Å². The van der Waals surface area contributed by atoms with E-state index in [1.807, 2.05) is 0 Å². The fraction of sp³-hybridized carbons (Fsp3) is 0.368. The fourth-order valence-electron chi connectivity index (χ4n) is 4.02. The van der Waals surface area contributed by atoms with Crippen LogP contribution in [0.1, 0.15) is 29.4 Å². The molecule has 158 valence electrons. The molecule has 0 saturated heterocycles. The number of ether oxygens (including phenoxy) is 1. The van der Waals surface area contributed by atoms with Gasteiger partial charge in [0.05, 0.1) is 23.1 Å². The van der Waals surface area contributed by atoms with Gasteiger partial charge in [0.25, 0.3) is 11.5 Å². The molecule has 2 heterocycles. The first-order valence-electron chi connectivity index (χ1n) is 9.07. The summed E-state index contributed by atoms with van der Waals surface area (Å²) in [5.41, 5.74) is 4.38. The zero-order valence-electron chi connectivity index (χ0n) is 16.2. The van der Waals surface area contributed by atoms with Crippen LogP contribution < -0.4 is 16.6 Å². The lowest BCUT2D eigenvalue weighted by molar-refractivity contribution is 0.102. The lowest BCUT2D eigenvalue weighted by Gasteiger charge is -2.34. The smallest absolute Gasteiger partial charge is 0.275 e. The number of nitrogens with two attached hydrogens (primary N) is 1. The van der Waals surface area contributed by atoms with Crippen LogP contribution in [-0.4, -0.2) is 39.5 Å². The molecule has 0 unspecified atom stereocenters. The van der Waals surface area contributed by atoms with Gasteiger partial charge in [0.1, 0.15) is 5.69 Å². The largest absolute Gasteiger partial charge is 0.383 e. The molecule has 11 heteroatoms. The van der Waals surface area contributed by atoms with Gasteiger partial charge in [0.15, 0.2) is 16.8 Å². The second kappa shape index (κ2) is 7.17. The molecule has 1 amide bonds. The molecule has 1 aliphatic heterocycles. The van der Waals surface area contributed by atoms with Crippen LogP contribution in [0.5, 0.6) is 0 Å². The molecule has 30 heavy (non-hydrogen) atoms. The van der Waals surface area contributed by atoms with E-state index in [1.165, 1.54) is 17.8 Å². The molecule has 0 bridgehead atoms. The van der Waals surface area contributed by atoms with E-state index in [-0.39, 0.29) is 32.8 Å². The summed E-state index contributed by atoms with van der Waals surface area (Å²) in [6.45, 7) is 2.11. The first-order chi connectivity index (χ1) is 14.2. The van der Waals surface area contributed by atoms with Gasteiger partial charge in [-0.1, -0.05) is 11.8 Å². The number of halogens is 2. The summed E-state index contributed by atoms with van der Waals surface area (Å²) in [6, 6.07) is 2.23. The molecular weight excluding hydrogens is 416 g/mol. The predicted octanol–water partition coefficient (Wildman–Crippen LogP) is 1.98. The van der Waals surface area contributed by atoms with Crippen molar-refractivity contribution in [3.8, 4) is 0 Å². The van der Waals surface area contributed by atoms with Gasteiger partial charge in [-0.25, -0.2) is 13.8 Å². The van der Waals surface area contributed by atoms with Gasteiger partial charge in [-0.2, -0.15) is 0 Å². The molecule has 2 aliphatic rings. The SMILES string of the molecule is COC[C@]12C[C@H]1[C@@](C)(c1cc(NC(=O)c3c[nH]c(=O)cn3)cc(F)c1F)N=C(N)S2. The molecule has 1 aromatic heterocycles. The average molecular weight is 435 g/mol. The van der Waals surface area contributed by atoms with E-state index in [0.717, 1.165) is 18.5 Å². The normalized spacial score (nSPS) is 27.2. The number of amides is 1. The average Bonchev–Trinajstić information content (AvgIpc) is 3.40. The van der Waals surface area contributed by atoms with Crippen LogP contribution in [0, 0.1) is 17.6 Å². The molecule has 0 spiro atoms. The van der Waals surface area contributed by atoms with Crippen molar-refractivity contribution in [1.29, 1.82) is 0 Å². The van der Waals surface area contributed by atoms with Crippen molar-refractivity contribution < 1.29 is 18.3 Å². The Hall–Kier alpha value is -2.79. The van der Waals surface area contributed by atoms with Crippen LogP contribution in [-0.2, 0) is 10.3 Å². The zero-order valence-corrected chi connectivity index (χ0v) is 17.0. The Balaban J connectivity index is 1.70. The predicted molar refractivity (Wildman–Crippen MR) is 108 cm³/mol. The summed E-state index contributed by atoms with van der Waals surface area (Å²) in [4.78, 5) is 34.0. The first kappa shape index (κ1) is 20.5. The van der Waals surface area contributed by atoms with Gasteiger partial charge in [-0.3, -0.25) is 14.6 Å². The number of fused-ring (bicyclic) bond motifs is 1. The number of methoxy groups -OCH3 is 1. The van der Waals surface area contributed by atoms with Crippen molar-refractivity contribution in [2.45, 2.75) is 23.6 Å². The maximum absolute atomic E-state index is 14.9. The molecular formula is C19H19F2N5O3S. The van der Waals surface area contributed by atoms with E-state index < -0.39 is 28.6 Å². The number of H-pyrrole nitrogens is 1. The number of nitrogens with one attached hydrogen (secondary N) is 2. The van der Waals surface area contributed by atoms with E-state index >= 15 is 0 Å². The van der Waals surface area contributed by atoms with Crippen LogP contribution in [0.2, 0.25) is 0 Å². The summed E-state index contributed by atoms with van der Waals surface area (Å²) in [6.07, 6.45) is 2.77. The molecule has 1 saturated carbocycles. The number of nitrogens with zero attached hydrogens (tertiary/aromatic N) is 2. The van der Waals surface area contributed by atoms with Crippen LogP contribution in [0.3, 0.4) is 0 Å². The van der Waals surface area contributed by atoms with E-state index in [1.54, 1.807) is 14.0 Å². The highest BCUT2D eigenvalue weighted by molar-refractivity contribution is 8.15. The summed E-state index contributed by atoms with van der Waals surface area (Å²) < 4.78 is 34.3. The maximum Gasteiger partial charge on any atom is 0.275 e. The van der Waals surface area contributed by atoms with Gasteiger partial charge in [0, 0.05) is 36.5 Å². The van der Waals surface area contributed by atoms with E-state index in [0.29, 0.717) is 13.0 Å². The number of carbonyl (C=O) groups excluding carboxylic acids is 1. The molecule has 2 aromatic rings. The molecule has 4 rings (SSSR count). The lowest BCUT2D eigenvalue weighted by atomic mass is 9.85. The highest BCUT2D eigenvalue weighted by Crippen LogP contribution is 2.66. The highest BCUT2D eigenvalue weighted by atomic mass is 32.2. The molecule has 1 fully saturated rings. The van der Waals surface area contributed by atoms with Gasteiger partial charge >= 0.3 is 0 Å². The number of rotatable bonds is 5. The van der Waals surface area contributed by atoms with E-state index in [4.69, 9.17) is 10.5 Å². The van der Waals surface area contributed by atoms with Crippen molar-refractivity contribution in [3.05, 3.63) is 57.8 Å². The Morgan fingerprint density at radius 3 is 2.90 bits per heavy atom. The van der Waals surface area contributed by atoms with Gasteiger partial charge < -0.3 is 20.8 Å². The summed E-state index contributed by atoms with van der Waals surface area (Å²) in [5, 5.41) is 2.75. The quantitative estimate of drug-likeness (QED) is 0.660. The number of aromatic nitrogens is 2. The number of aromatic amines is 1. The monoisotopic (exact) mass is 435 g/mol. The number of carbonyl (C=O) groups is 1. The maximum atomic E-state index is 14.9. The number of benzene rings is 1. The van der Waals surface area contributed by atoms with Crippen LogP contribution in [0.4, 0.5) is 14.5 Å². The third kappa shape index (κ3) is 3.37.